The van der Waals surface area contributed by atoms with E-state index in [1.165, 1.54) is 38.5 Å². The molecule has 0 amide bonds. The first-order chi connectivity index (χ1) is 11.1. The van der Waals surface area contributed by atoms with Crippen molar-refractivity contribution in [1.29, 1.82) is 0 Å². The van der Waals surface area contributed by atoms with Crippen LogP contribution in [0.3, 0.4) is 0 Å². The zero-order valence-electron chi connectivity index (χ0n) is 16.7. The van der Waals surface area contributed by atoms with Gasteiger partial charge in [0.25, 0.3) is 0 Å². The first kappa shape index (κ1) is 24.0. The molecule has 1 N–H and O–H groups in total. The van der Waals surface area contributed by atoms with Gasteiger partial charge in [-0.25, -0.2) is 0 Å². The summed E-state index contributed by atoms with van der Waals surface area (Å²) in [5.41, 5.74) is 3.73. The Balaban J connectivity index is 4.45. The van der Waals surface area contributed by atoms with Crippen molar-refractivity contribution in [2.45, 2.75) is 90.5 Å². The van der Waals surface area contributed by atoms with Crippen LogP contribution in [-0.4, -0.2) is 30.2 Å². The molecule has 0 aromatic heterocycles. The average molecular weight is 389 g/mol. The van der Waals surface area contributed by atoms with Gasteiger partial charge >= 0.3 is 8.80 Å². The molecule has 0 bridgehead atoms. The summed E-state index contributed by atoms with van der Waals surface area (Å²) in [5, 5.41) is 0. The summed E-state index contributed by atoms with van der Waals surface area (Å²) in [4.78, 5) is 11.1. The highest BCUT2D eigenvalue weighted by Crippen LogP contribution is 2.25. The fraction of sp³-hybridized carbons (Fsp3) is 0.778. The molecule has 6 heteroatoms. The summed E-state index contributed by atoms with van der Waals surface area (Å²) in [6.45, 7) is 18.2. The van der Waals surface area contributed by atoms with E-state index in [1.54, 1.807) is 0 Å². The minimum Gasteiger partial charge on any atom is -0.412 e. The monoisotopic (exact) mass is 388 g/mol. The molecule has 0 unspecified atom stereocenters. The Morgan fingerprint density at radius 1 is 0.750 bits per heavy atom. The van der Waals surface area contributed by atoms with E-state index in [0.29, 0.717) is 6.04 Å². The van der Waals surface area contributed by atoms with Crippen molar-refractivity contribution in [3.63, 3.8) is 0 Å². The summed E-state index contributed by atoms with van der Waals surface area (Å²) in [6.07, 6.45) is 9.95. The zero-order chi connectivity index (χ0) is 18.7. The third-order valence-electron chi connectivity index (χ3n) is 4.17. The minimum atomic E-state index is -3.16. The molecule has 0 radical (unpaired) electrons. The van der Waals surface area contributed by atoms with Crippen molar-refractivity contribution in [3.05, 3.63) is 24.6 Å². The molecule has 0 aliphatic heterocycles. The molecule has 0 rings (SSSR count). The molecule has 0 aliphatic rings. The van der Waals surface area contributed by atoms with Crippen molar-refractivity contribution in [2.24, 2.45) is 0 Å². The van der Waals surface area contributed by atoms with Gasteiger partial charge in [-0.3, -0.25) is 0 Å². The van der Waals surface area contributed by atoms with Crippen molar-refractivity contribution in [1.82, 2.24) is 0 Å². The molecular formula is C18H40O3Si3. The van der Waals surface area contributed by atoms with E-state index in [4.69, 9.17) is 8.23 Å². The second-order valence-electron chi connectivity index (χ2n) is 7.76. The van der Waals surface area contributed by atoms with Crippen molar-refractivity contribution in [2.75, 3.05) is 0 Å². The van der Waals surface area contributed by atoms with E-state index in [-0.39, 0.29) is 0 Å². The lowest BCUT2D eigenvalue weighted by atomic mass is 10.1. The molecule has 3 nitrogen and oxygen atoms in total. The highest BCUT2D eigenvalue weighted by Gasteiger charge is 2.45. The summed E-state index contributed by atoms with van der Waals surface area (Å²) in [7, 11) is -7.32. The molecule has 142 valence electrons. The molecule has 0 saturated carbocycles. The number of hydrogen-bond donors (Lipinski definition) is 1. The molecule has 0 heterocycles. The summed E-state index contributed by atoms with van der Waals surface area (Å²) in [6, 6.07) is 0.649. The minimum absolute atomic E-state index is 0.649. The molecule has 0 spiro atoms. The van der Waals surface area contributed by atoms with Crippen LogP contribution in [0.15, 0.2) is 24.6 Å². The molecule has 0 fully saturated rings. The van der Waals surface area contributed by atoms with E-state index in [2.05, 4.69) is 46.3 Å². The van der Waals surface area contributed by atoms with Crippen LogP contribution in [0.4, 0.5) is 0 Å². The van der Waals surface area contributed by atoms with Crippen LogP contribution in [0, 0.1) is 0 Å². The normalized spacial score (nSPS) is 13.1. The third kappa shape index (κ3) is 11.5. The predicted molar refractivity (Wildman–Crippen MR) is 113 cm³/mol. The largest absolute Gasteiger partial charge is 0.477 e. The van der Waals surface area contributed by atoms with Gasteiger partial charge in [-0.15, -0.1) is 13.2 Å². The van der Waals surface area contributed by atoms with Crippen molar-refractivity contribution >= 4 is 25.4 Å². The lowest BCUT2D eigenvalue weighted by molar-refractivity contribution is 0.244. The van der Waals surface area contributed by atoms with Gasteiger partial charge in [0.15, 0.2) is 0 Å². The average Bonchev–Trinajstić information content (AvgIpc) is 2.49. The standard InChI is InChI=1S/C18H40O3Si3/c1-8-11-12-13-14-15-16-17-18-24(19,20-22(4,5)9-2)21-23(6,7)10-3/h9-10,19H,2-3,8,11-18H2,1,4-7H3. The molecular weight excluding hydrogens is 348 g/mol. The van der Waals surface area contributed by atoms with E-state index in [0.717, 1.165) is 12.8 Å². The highest BCUT2D eigenvalue weighted by atomic mass is 28.5. The third-order valence-corrected chi connectivity index (χ3v) is 13.9. The van der Waals surface area contributed by atoms with E-state index in [9.17, 15) is 4.80 Å². The molecule has 0 aromatic rings. The fourth-order valence-corrected chi connectivity index (χ4v) is 11.8. The van der Waals surface area contributed by atoms with E-state index >= 15 is 0 Å². The first-order valence-electron chi connectivity index (χ1n) is 9.49. The second kappa shape index (κ2) is 11.6. The summed E-state index contributed by atoms with van der Waals surface area (Å²) in [5.74, 6) is 0. The van der Waals surface area contributed by atoms with Gasteiger partial charge in [-0.1, -0.05) is 63.3 Å². The van der Waals surface area contributed by atoms with Crippen molar-refractivity contribution < 1.29 is 13.0 Å². The Labute approximate surface area is 153 Å². The number of unbranched alkanes of at least 4 members (excludes halogenated alkanes) is 7. The van der Waals surface area contributed by atoms with Crippen LogP contribution in [0.25, 0.3) is 0 Å². The maximum Gasteiger partial charge on any atom is 0.477 e. The van der Waals surface area contributed by atoms with Crippen LogP contribution >= 0.6 is 0 Å². The summed E-state index contributed by atoms with van der Waals surface area (Å²) < 4.78 is 12.3. The Morgan fingerprint density at radius 3 is 1.50 bits per heavy atom. The van der Waals surface area contributed by atoms with Gasteiger partial charge in [0.05, 0.1) is 0 Å². The Morgan fingerprint density at radius 2 is 1.12 bits per heavy atom. The van der Waals surface area contributed by atoms with Crippen LogP contribution in [-0.2, 0) is 8.23 Å². The SMILES string of the molecule is C=C[Si](C)(C)O[Si](O)(CCCCCCCCCC)O[Si](C)(C)C=C. The number of rotatable bonds is 15. The van der Waals surface area contributed by atoms with Gasteiger partial charge in [-0.2, -0.15) is 0 Å². The lowest BCUT2D eigenvalue weighted by Gasteiger charge is -2.36. The van der Waals surface area contributed by atoms with Crippen molar-refractivity contribution in [3.8, 4) is 0 Å². The maximum atomic E-state index is 11.1. The highest BCUT2D eigenvalue weighted by molar-refractivity contribution is 6.89. The Hall–Kier alpha value is 0.0106. The van der Waals surface area contributed by atoms with Crippen LogP contribution < -0.4 is 0 Å². The molecule has 0 aliphatic carbocycles. The predicted octanol–water partition coefficient (Wildman–Crippen LogP) is 5.95. The summed E-state index contributed by atoms with van der Waals surface area (Å²) >= 11 is 0. The second-order valence-corrected chi connectivity index (χ2v) is 18.5. The van der Waals surface area contributed by atoms with Gasteiger partial charge in [0.1, 0.15) is 0 Å². The van der Waals surface area contributed by atoms with E-state index < -0.39 is 25.4 Å². The van der Waals surface area contributed by atoms with Crippen LogP contribution in [0.5, 0.6) is 0 Å². The smallest absolute Gasteiger partial charge is 0.412 e. The fourth-order valence-electron chi connectivity index (χ4n) is 2.51. The molecule has 0 saturated heterocycles. The van der Waals surface area contributed by atoms with Gasteiger partial charge in [-0.05, 0) is 32.6 Å². The van der Waals surface area contributed by atoms with E-state index in [1.807, 2.05) is 11.4 Å². The molecule has 0 aromatic carbocycles. The lowest BCUT2D eigenvalue weighted by Crippen LogP contribution is -2.55. The van der Waals surface area contributed by atoms with Crippen LogP contribution in [0.1, 0.15) is 58.3 Å². The number of hydrogen-bond acceptors (Lipinski definition) is 3. The van der Waals surface area contributed by atoms with Gasteiger partial charge < -0.3 is 13.0 Å². The first-order valence-corrected chi connectivity index (χ1v) is 17.4. The zero-order valence-corrected chi connectivity index (χ0v) is 19.7. The topological polar surface area (TPSA) is 38.7 Å². The Kier molecular flexibility index (Phi) is 11.6. The van der Waals surface area contributed by atoms with Gasteiger partial charge in [0.2, 0.25) is 16.6 Å². The quantitative estimate of drug-likeness (QED) is 0.278. The van der Waals surface area contributed by atoms with Crippen LogP contribution in [0.2, 0.25) is 32.2 Å². The maximum absolute atomic E-state index is 11.1. The molecule has 0 atom stereocenters. The Bertz CT molecular complexity index is 349. The van der Waals surface area contributed by atoms with Gasteiger partial charge in [0, 0.05) is 6.04 Å². The molecule has 24 heavy (non-hydrogen) atoms.